The van der Waals surface area contributed by atoms with Gasteiger partial charge in [0, 0.05) is 11.6 Å². The predicted octanol–water partition coefficient (Wildman–Crippen LogP) is 3.64. The maximum Gasteiger partial charge on any atom is 0.251 e. The summed E-state index contributed by atoms with van der Waals surface area (Å²) < 4.78 is 5.13. The molecule has 1 aromatic rings. The summed E-state index contributed by atoms with van der Waals surface area (Å²) in [6.45, 7) is 7.08. The fourth-order valence-corrected chi connectivity index (χ4v) is 4.41. The van der Waals surface area contributed by atoms with Crippen molar-refractivity contribution >= 4 is 5.91 Å². The van der Waals surface area contributed by atoms with Crippen molar-refractivity contribution in [2.24, 2.45) is 16.7 Å². The molecule has 2 bridgehead atoms. The average molecular weight is 287 g/mol. The van der Waals surface area contributed by atoms with E-state index in [1.807, 2.05) is 24.3 Å². The van der Waals surface area contributed by atoms with Crippen LogP contribution in [-0.4, -0.2) is 19.1 Å². The highest BCUT2D eigenvalue weighted by Crippen LogP contribution is 2.65. The SMILES string of the molecule is COc1ccc(C(=O)N[C@@H]2C[C@H]3CC[C@]2(C)C3(C)C)cc1. The fraction of sp³-hybridized carbons (Fsp3) is 0.611. The first-order valence-corrected chi connectivity index (χ1v) is 7.83. The number of benzene rings is 1. The molecule has 0 aromatic heterocycles. The normalized spacial score (nSPS) is 33.0. The predicted molar refractivity (Wildman–Crippen MR) is 83.5 cm³/mol. The van der Waals surface area contributed by atoms with Crippen molar-refractivity contribution in [3.8, 4) is 5.75 Å². The molecule has 2 aliphatic carbocycles. The molecule has 1 N–H and O–H groups in total. The Morgan fingerprint density at radius 1 is 1.24 bits per heavy atom. The molecule has 0 spiro atoms. The molecule has 1 aromatic carbocycles. The van der Waals surface area contributed by atoms with Crippen LogP contribution in [0.25, 0.3) is 0 Å². The van der Waals surface area contributed by atoms with Crippen LogP contribution in [0.15, 0.2) is 24.3 Å². The number of hydrogen-bond acceptors (Lipinski definition) is 2. The quantitative estimate of drug-likeness (QED) is 0.921. The molecule has 3 nitrogen and oxygen atoms in total. The molecule has 0 aliphatic heterocycles. The first-order chi connectivity index (χ1) is 9.88. The van der Waals surface area contributed by atoms with Gasteiger partial charge in [-0.1, -0.05) is 20.8 Å². The van der Waals surface area contributed by atoms with E-state index in [1.165, 1.54) is 12.8 Å². The molecule has 3 atom stereocenters. The van der Waals surface area contributed by atoms with E-state index in [9.17, 15) is 4.79 Å². The second-order valence-corrected chi connectivity index (χ2v) is 7.37. The number of carbonyl (C=O) groups excluding carboxylic acids is 1. The Hall–Kier alpha value is -1.51. The second kappa shape index (κ2) is 4.75. The molecule has 2 saturated carbocycles. The van der Waals surface area contributed by atoms with Gasteiger partial charge in [0.1, 0.15) is 5.75 Å². The van der Waals surface area contributed by atoms with Gasteiger partial charge in [0.05, 0.1) is 7.11 Å². The summed E-state index contributed by atoms with van der Waals surface area (Å²) in [6.07, 6.45) is 3.64. The maximum absolute atomic E-state index is 12.5. The Morgan fingerprint density at radius 3 is 2.38 bits per heavy atom. The fourth-order valence-electron chi connectivity index (χ4n) is 4.41. The number of amides is 1. The lowest BCUT2D eigenvalue weighted by Gasteiger charge is -2.39. The van der Waals surface area contributed by atoms with Crippen molar-refractivity contribution in [2.45, 2.75) is 46.1 Å². The third kappa shape index (κ3) is 2.05. The number of carbonyl (C=O) groups is 1. The lowest BCUT2D eigenvalue weighted by Crippen LogP contribution is -2.46. The Labute approximate surface area is 127 Å². The molecule has 21 heavy (non-hydrogen) atoms. The number of nitrogens with one attached hydrogen (secondary N) is 1. The van der Waals surface area contributed by atoms with E-state index in [-0.39, 0.29) is 11.3 Å². The van der Waals surface area contributed by atoms with Crippen LogP contribution in [0, 0.1) is 16.7 Å². The Kier molecular flexibility index (Phi) is 3.27. The van der Waals surface area contributed by atoms with Crippen LogP contribution < -0.4 is 10.1 Å². The lowest BCUT2D eigenvalue weighted by atomic mass is 9.69. The highest BCUT2D eigenvalue weighted by Gasteiger charge is 2.61. The summed E-state index contributed by atoms with van der Waals surface area (Å²) in [5.74, 6) is 1.55. The highest BCUT2D eigenvalue weighted by atomic mass is 16.5. The first-order valence-electron chi connectivity index (χ1n) is 7.83. The van der Waals surface area contributed by atoms with Gasteiger partial charge in [-0.05, 0) is 60.3 Å². The molecule has 0 saturated heterocycles. The zero-order valence-electron chi connectivity index (χ0n) is 13.4. The van der Waals surface area contributed by atoms with E-state index in [0.717, 1.165) is 18.1 Å². The van der Waals surface area contributed by atoms with E-state index in [2.05, 4.69) is 26.1 Å². The summed E-state index contributed by atoms with van der Waals surface area (Å²) in [5.41, 5.74) is 1.25. The van der Waals surface area contributed by atoms with Crippen LogP contribution in [-0.2, 0) is 0 Å². The van der Waals surface area contributed by atoms with Gasteiger partial charge in [0.15, 0.2) is 0 Å². The molecule has 0 radical (unpaired) electrons. The third-order valence-electron chi connectivity index (χ3n) is 6.45. The van der Waals surface area contributed by atoms with Crippen molar-refractivity contribution in [1.82, 2.24) is 5.32 Å². The van der Waals surface area contributed by atoms with Gasteiger partial charge < -0.3 is 10.1 Å². The summed E-state index contributed by atoms with van der Waals surface area (Å²) >= 11 is 0. The third-order valence-corrected chi connectivity index (χ3v) is 6.45. The van der Waals surface area contributed by atoms with Crippen molar-refractivity contribution in [3.05, 3.63) is 29.8 Å². The van der Waals surface area contributed by atoms with Crippen LogP contribution in [0.3, 0.4) is 0 Å². The van der Waals surface area contributed by atoms with Gasteiger partial charge in [0.25, 0.3) is 5.91 Å². The summed E-state index contributed by atoms with van der Waals surface area (Å²) in [7, 11) is 1.63. The van der Waals surface area contributed by atoms with Crippen molar-refractivity contribution in [3.63, 3.8) is 0 Å². The molecule has 3 heteroatoms. The molecule has 2 aliphatic rings. The minimum absolute atomic E-state index is 0.0345. The number of methoxy groups -OCH3 is 1. The molecule has 2 fully saturated rings. The van der Waals surface area contributed by atoms with Gasteiger partial charge in [0.2, 0.25) is 0 Å². The minimum atomic E-state index is 0.0345. The lowest BCUT2D eigenvalue weighted by molar-refractivity contribution is 0.0826. The Balaban J connectivity index is 1.74. The summed E-state index contributed by atoms with van der Waals surface area (Å²) in [4.78, 5) is 12.5. The van der Waals surface area contributed by atoms with Crippen molar-refractivity contribution in [1.29, 1.82) is 0 Å². The smallest absolute Gasteiger partial charge is 0.251 e. The van der Waals surface area contributed by atoms with Crippen LogP contribution in [0.1, 0.15) is 50.4 Å². The van der Waals surface area contributed by atoms with E-state index in [0.29, 0.717) is 17.0 Å². The van der Waals surface area contributed by atoms with Gasteiger partial charge in [-0.15, -0.1) is 0 Å². The Bertz CT molecular complexity index is 549. The van der Waals surface area contributed by atoms with Crippen LogP contribution in [0.4, 0.5) is 0 Å². The van der Waals surface area contributed by atoms with Crippen LogP contribution in [0.2, 0.25) is 0 Å². The molecule has 114 valence electrons. The molecular formula is C18H25NO2. The van der Waals surface area contributed by atoms with E-state index >= 15 is 0 Å². The minimum Gasteiger partial charge on any atom is -0.497 e. The number of hydrogen-bond donors (Lipinski definition) is 1. The topological polar surface area (TPSA) is 38.3 Å². The van der Waals surface area contributed by atoms with Crippen LogP contribution in [0.5, 0.6) is 5.75 Å². The average Bonchev–Trinajstić information content (AvgIpc) is 2.80. The molecule has 0 heterocycles. The van der Waals surface area contributed by atoms with Gasteiger partial charge in [-0.3, -0.25) is 4.79 Å². The molecule has 3 rings (SSSR count). The maximum atomic E-state index is 12.5. The van der Waals surface area contributed by atoms with Gasteiger partial charge in [-0.2, -0.15) is 0 Å². The summed E-state index contributed by atoms with van der Waals surface area (Å²) in [6, 6.07) is 7.62. The number of ether oxygens (including phenoxy) is 1. The monoisotopic (exact) mass is 287 g/mol. The zero-order valence-corrected chi connectivity index (χ0v) is 13.4. The van der Waals surface area contributed by atoms with E-state index in [4.69, 9.17) is 4.74 Å². The first kappa shape index (κ1) is 14.4. The highest BCUT2D eigenvalue weighted by molar-refractivity contribution is 5.94. The van der Waals surface area contributed by atoms with Crippen molar-refractivity contribution in [2.75, 3.05) is 7.11 Å². The number of rotatable bonds is 3. The van der Waals surface area contributed by atoms with E-state index < -0.39 is 0 Å². The van der Waals surface area contributed by atoms with Crippen molar-refractivity contribution < 1.29 is 9.53 Å². The molecular weight excluding hydrogens is 262 g/mol. The van der Waals surface area contributed by atoms with Gasteiger partial charge in [-0.25, -0.2) is 0 Å². The number of fused-ring (bicyclic) bond motifs is 2. The van der Waals surface area contributed by atoms with Gasteiger partial charge >= 0.3 is 0 Å². The zero-order chi connectivity index (χ0) is 15.3. The molecule has 0 unspecified atom stereocenters. The summed E-state index contributed by atoms with van der Waals surface area (Å²) in [5, 5.41) is 3.28. The molecule has 1 amide bonds. The van der Waals surface area contributed by atoms with E-state index in [1.54, 1.807) is 7.11 Å². The standard InChI is InChI=1S/C18H25NO2/c1-17(2)13-9-10-18(17,3)15(11-13)19-16(20)12-5-7-14(21-4)8-6-12/h5-8,13,15H,9-11H2,1-4H3,(H,19,20)/t13-,15-,18+/m1/s1. The van der Waals surface area contributed by atoms with Crippen LogP contribution >= 0.6 is 0 Å². The Morgan fingerprint density at radius 2 is 1.90 bits per heavy atom. The second-order valence-electron chi connectivity index (χ2n) is 7.37. The largest absolute Gasteiger partial charge is 0.497 e.